The zero-order chi connectivity index (χ0) is 25.4. The molecule has 6 aromatic rings. The van der Waals surface area contributed by atoms with Crippen LogP contribution in [-0.4, -0.2) is 49.0 Å². The number of nitrogens with zero attached hydrogens (tertiary/aromatic N) is 7. The maximum Gasteiger partial charge on any atom is 0.329 e. The number of fused-ring (bicyclic) bond motifs is 4. The fourth-order valence-electron chi connectivity index (χ4n) is 5.00. The van der Waals surface area contributed by atoms with E-state index in [9.17, 15) is 9.90 Å². The van der Waals surface area contributed by atoms with Crippen molar-refractivity contribution < 1.29 is 5.11 Å². The van der Waals surface area contributed by atoms with Crippen molar-refractivity contribution in [1.29, 1.82) is 0 Å². The third-order valence-corrected chi connectivity index (χ3v) is 6.53. The van der Waals surface area contributed by atoms with Gasteiger partial charge in [-0.3, -0.25) is 13.8 Å². The summed E-state index contributed by atoms with van der Waals surface area (Å²) in [6.45, 7) is 7.85. The molecule has 0 amide bonds. The smallest absolute Gasteiger partial charge is 0.329 e. The molecule has 36 heavy (non-hydrogen) atoms. The summed E-state index contributed by atoms with van der Waals surface area (Å²) < 4.78 is 7.16. The van der Waals surface area contributed by atoms with Crippen molar-refractivity contribution in [2.75, 3.05) is 0 Å². The highest BCUT2D eigenvalue weighted by molar-refractivity contribution is 6.13. The first-order chi connectivity index (χ1) is 17.1. The molecule has 0 saturated heterocycles. The largest absolute Gasteiger partial charge is 0.389 e. The molecule has 0 bridgehead atoms. The number of aromatic amines is 1. The maximum absolute atomic E-state index is 13.5. The molecule has 184 valence electrons. The quantitative estimate of drug-likeness (QED) is 0.387. The third kappa shape index (κ3) is 3.36. The number of hydrogen-bond donors (Lipinski definition) is 2. The summed E-state index contributed by atoms with van der Waals surface area (Å²) in [7, 11) is 1.78. The molecule has 0 saturated carbocycles. The first-order valence-electron chi connectivity index (χ1n) is 11.9. The first kappa shape index (κ1) is 22.3. The van der Waals surface area contributed by atoms with Crippen LogP contribution in [0.4, 0.5) is 0 Å². The van der Waals surface area contributed by atoms with E-state index in [0.29, 0.717) is 17.9 Å². The highest BCUT2D eigenvalue weighted by atomic mass is 16.3. The molecule has 0 aliphatic carbocycles. The normalized spacial score (nSPS) is 12.6. The van der Waals surface area contributed by atoms with Crippen LogP contribution in [0, 0.1) is 0 Å². The second-order valence-electron chi connectivity index (χ2n) is 10.3. The fraction of sp³-hybridized carbons (Fsp3) is 0.308. The Kier molecular flexibility index (Phi) is 4.74. The number of H-pyrrole nitrogens is 1. The summed E-state index contributed by atoms with van der Waals surface area (Å²) in [4.78, 5) is 26.0. The van der Waals surface area contributed by atoms with Crippen LogP contribution in [0.25, 0.3) is 50.0 Å². The molecular formula is C26H28N8O2. The molecule has 0 spiro atoms. The van der Waals surface area contributed by atoms with Gasteiger partial charge in [-0.1, -0.05) is 0 Å². The minimum Gasteiger partial charge on any atom is -0.389 e. The van der Waals surface area contributed by atoms with E-state index in [4.69, 9.17) is 4.98 Å². The van der Waals surface area contributed by atoms with Crippen molar-refractivity contribution in [1.82, 2.24) is 38.3 Å². The molecule has 2 N–H and O–H groups in total. The van der Waals surface area contributed by atoms with Crippen molar-refractivity contribution in [3.8, 4) is 22.4 Å². The Bertz CT molecular complexity index is 1820. The van der Waals surface area contributed by atoms with Gasteiger partial charge in [0, 0.05) is 42.8 Å². The molecular weight excluding hydrogens is 456 g/mol. The van der Waals surface area contributed by atoms with Gasteiger partial charge in [0.05, 0.1) is 52.8 Å². The number of imidazole rings is 2. The average Bonchev–Trinajstić information content (AvgIpc) is 3.58. The van der Waals surface area contributed by atoms with Crippen LogP contribution in [0.15, 0.2) is 54.2 Å². The topological polar surface area (TPSA) is 111 Å². The van der Waals surface area contributed by atoms with Crippen molar-refractivity contribution in [2.24, 2.45) is 7.05 Å². The van der Waals surface area contributed by atoms with Crippen molar-refractivity contribution in [3.05, 3.63) is 59.9 Å². The number of hydrogen-bond acceptors (Lipinski definition) is 5. The standard InChI is InChI=1S/C26H28N8O2/c1-15(2)34-22-20-19(16-6-7-32-14-27-10-18(32)8-16)11-28-24(20)30-21(23(22)31(5)25(34)35)17-9-29-33(12-17)13-26(3,4)36/h6-12,14-15,36H,13H2,1-5H3,(H,28,30). The fourth-order valence-corrected chi connectivity index (χ4v) is 5.00. The number of aliphatic hydroxyl groups is 1. The molecule has 0 aromatic carbocycles. The first-order valence-corrected chi connectivity index (χ1v) is 11.9. The lowest BCUT2D eigenvalue weighted by Crippen LogP contribution is -2.26. The number of nitrogens with one attached hydrogen (secondary N) is 1. The lowest BCUT2D eigenvalue weighted by molar-refractivity contribution is 0.0577. The van der Waals surface area contributed by atoms with Crippen LogP contribution in [-0.2, 0) is 13.6 Å². The summed E-state index contributed by atoms with van der Waals surface area (Å²) in [5.41, 5.74) is 5.66. The zero-order valence-corrected chi connectivity index (χ0v) is 20.9. The SMILES string of the molecule is CC(C)n1c(=O)n(C)c2c(-c3cnn(CC(C)(C)O)c3)nc3[nH]cc(-c4ccn5cncc5c4)c3c21. The Balaban J connectivity index is 1.67. The minimum absolute atomic E-state index is 0.0578. The van der Waals surface area contributed by atoms with Crippen LogP contribution >= 0.6 is 0 Å². The van der Waals surface area contributed by atoms with E-state index in [1.807, 2.05) is 53.7 Å². The van der Waals surface area contributed by atoms with Gasteiger partial charge in [0.25, 0.3) is 0 Å². The van der Waals surface area contributed by atoms with Gasteiger partial charge >= 0.3 is 5.69 Å². The summed E-state index contributed by atoms with van der Waals surface area (Å²) in [5.74, 6) is 0. The molecule has 0 radical (unpaired) electrons. The Hall–Kier alpha value is -4.18. The molecule has 6 aromatic heterocycles. The van der Waals surface area contributed by atoms with Crippen LogP contribution in [0.3, 0.4) is 0 Å². The predicted octanol–water partition coefficient (Wildman–Crippen LogP) is 3.75. The van der Waals surface area contributed by atoms with E-state index in [0.717, 1.165) is 38.6 Å². The van der Waals surface area contributed by atoms with E-state index in [-0.39, 0.29) is 11.7 Å². The van der Waals surface area contributed by atoms with Gasteiger partial charge in [-0.2, -0.15) is 5.10 Å². The molecule has 0 unspecified atom stereocenters. The second kappa shape index (κ2) is 7.66. The van der Waals surface area contributed by atoms with E-state index in [2.05, 4.69) is 21.1 Å². The summed E-state index contributed by atoms with van der Waals surface area (Å²) in [6, 6.07) is 4.06. The minimum atomic E-state index is -0.908. The average molecular weight is 485 g/mol. The van der Waals surface area contributed by atoms with E-state index >= 15 is 0 Å². The maximum atomic E-state index is 13.5. The lowest BCUT2D eigenvalue weighted by atomic mass is 10.0. The van der Waals surface area contributed by atoms with E-state index in [1.54, 1.807) is 42.7 Å². The second-order valence-corrected chi connectivity index (χ2v) is 10.3. The van der Waals surface area contributed by atoms with Gasteiger partial charge in [-0.15, -0.1) is 0 Å². The van der Waals surface area contributed by atoms with Gasteiger partial charge in [-0.05, 0) is 45.4 Å². The van der Waals surface area contributed by atoms with Gasteiger partial charge in [-0.25, -0.2) is 14.8 Å². The summed E-state index contributed by atoms with van der Waals surface area (Å²) in [6.07, 6.45) is 11.1. The molecule has 0 aliphatic heterocycles. The Morgan fingerprint density at radius 3 is 2.72 bits per heavy atom. The molecule has 10 heteroatoms. The van der Waals surface area contributed by atoms with Crippen LogP contribution in [0.2, 0.25) is 0 Å². The Morgan fingerprint density at radius 1 is 1.17 bits per heavy atom. The molecule has 6 heterocycles. The Morgan fingerprint density at radius 2 is 1.97 bits per heavy atom. The summed E-state index contributed by atoms with van der Waals surface area (Å²) >= 11 is 0. The molecule has 0 aliphatic rings. The van der Waals surface area contributed by atoms with E-state index < -0.39 is 5.60 Å². The van der Waals surface area contributed by atoms with Gasteiger partial charge in [0.2, 0.25) is 0 Å². The summed E-state index contributed by atoms with van der Waals surface area (Å²) in [5, 5.41) is 15.6. The zero-order valence-electron chi connectivity index (χ0n) is 20.9. The van der Waals surface area contributed by atoms with Crippen molar-refractivity contribution in [3.63, 3.8) is 0 Å². The van der Waals surface area contributed by atoms with Crippen molar-refractivity contribution in [2.45, 2.75) is 45.9 Å². The molecule has 0 atom stereocenters. The van der Waals surface area contributed by atoms with Gasteiger partial charge in [0.1, 0.15) is 11.3 Å². The highest BCUT2D eigenvalue weighted by Gasteiger charge is 2.25. The van der Waals surface area contributed by atoms with Crippen LogP contribution < -0.4 is 5.69 Å². The predicted molar refractivity (Wildman–Crippen MR) is 139 cm³/mol. The number of pyridine rings is 2. The molecule has 10 nitrogen and oxygen atoms in total. The van der Waals surface area contributed by atoms with Gasteiger partial charge < -0.3 is 14.5 Å². The van der Waals surface area contributed by atoms with Crippen molar-refractivity contribution >= 4 is 27.6 Å². The monoisotopic (exact) mass is 484 g/mol. The van der Waals surface area contributed by atoms with Crippen LogP contribution in [0.1, 0.15) is 33.7 Å². The number of rotatable bonds is 5. The highest BCUT2D eigenvalue weighted by Crippen LogP contribution is 2.38. The van der Waals surface area contributed by atoms with Gasteiger partial charge in [0.15, 0.2) is 0 Å². The van der Waals surface area contributed by atoms with Crippen LogP contribution in [0.5, 0.6) is 0 Å². The number of aryl methyl sites for hydroxylation is 1. The lowest BCUT2D eigenvalue weighted by Gasteiger charge is -2.16. The third-order valence-electron chi connectivity index (χ3n) is 6.53. The molecule has 6 rings (SSSR count). The Labute approximate surface area is 206 Å². The molecule has 0 fully saturated rings. The van der Waals surface area contributed by atoms with E-state index in [1.165, 1.54) is 0 Å². The number of aromatic nitrogens is 8.